The number of methoxy groups -OCH3 is 1. The Hall–Kier alpha value is -2.95. The summed E-state index contributed by atoms with van der Waals surface area (Å²) in [6.45, 7) is 0. The van der Waals surface area contributed by atoms with Crippen molar-refractivity contribution in [1.29, 1.82) is 0 Å². The molecule has 0 amide bonds. The second-order valence-corrected chi connectivity index (χ2v) is 5.11. The second kappa shape index (κ2) is 5.11. The van der Waals surface area contributed by atoms with Gasteiger partial charge in [-0.15, -0.1) is 10.2 Å². The van der Waals surface area contributed by atoms with Gasteiger partial charge in [-0.25, -0.2) is 0 Å². The smallest absolute Gasteiger partial charge is 0.184 e. The van der Waals surface area contributed by atoms with Crippen LogP contribution in [0, 0.1) is 0 Å². The Kier molecular flexibility index (Phi) is 2.96. The third-order valence-electron chi connectivity index (χ3n) is 3.80. The van der Waals surface area contributed by atoms with Crippen LogP contribution in [-0.4, -0.2) is 27.7 Å². The van der Waals surface area contributed by atoms with Gasteiger partial charge in [0, 0.05) is 12.0 Å². The number of rotatable bonds is 2. The number of fused-ring (bicyclic) bond motifs is 3. The fraction of sp³-hybridized carbons (Fsp3) is 0.118. The molecule has 1 aliphatic rings. The van der Waals surface area contributed by atoms with Crippen molar-refractivity contribution in [2.75, 3.05) is 7.11 Å². The Morgan fingerprint density at radius 2 is 1.86 bits per heavy atom. The summed E-state index contributed by atoms with van der Waals surface area (Å²) in [7, 11) is 1.66. The minimum atomic E-state index is 0.756. The molecular weight excluding hydrogens is 276 g/mol. The molecule has 0 radical (unpaired) electrons. The number of benzene rings is 2. The second-order valence-electron chi connectivity index (χ2n) is 5.11. The van der Waals surface area contributed by atoms with E-state index in [0.29, 0.717) is 0 Å². The van der Waals surface area contributed by atoms with Gasteiger partial charge in [-0.05, 0) is 35.4 Å². The normalized spacial score (nSPS) is 12.9. The fourth-order valence-electron chi connectivity index (χ4n) is 2.66. The van der Waals surface area contributed by atoms with E-state index in [1.54, 1.807) is 18.1 Å². The third kappa shape index (κ3) is 2.07. The lowest BCUT2D eigenvalue weighted by molar-refractivity contribution is 0.415. The van der Waals surface area contributed by atoms with Crippen molar-refractivity contribution in [2.45, 2.75) is 6.42 Å². The third-order valence-corrected chi connectivity index (χ3v) is 3.80. The molecule has 4 rings (SSSR count). The van der Waals surface area contributed by atoms with Crippen LogP contribution >= 0.6 is 0 Å². The summed E-state index contributed by atoms with van der Waals surface area (Å²) in [6.07, 6.45) is 2.40. The minimum absolute atomic E-state index is 0.756. The number of hydrogen-bond acceptors (Lipinski definition) is 4. The molecule has 5 nitrogen and oxygen atoms in total. The topological polar surface area (TPSA) is 52.3 Å². The highest BCUT2D eigenvalue weighted by Gasteiger charge is 2.18. The SMILES string of the molecule is COc1ccc(C2=Nn3cnnc3-c3ccccc3C2)cc1. The van der Waals surface area contributed by atoms with E-state index in [2.05, 4.69) is 22.3 Å². The average molecular weight is 290 g/mol. The van der Waals surface area contributed by atoms with Gasteiger partial charge < -0.3 is 4.74 Å². The standard InChI is InChI=1S/C17H14N4O/c1-22-14-8-6-12(7-9-14)16-10-13-4-2-3-5-15(13)17-19-18-11-21(17)20-16/h2-9,11H,10H2,1H3. The van der Waals surface area contributed by atoms with Crippen molar-refractivity contribution in [3.8, 4) is 17.1 Å². The molecule has 0 saturated heterocycles. The largest absolute Gasteiger partial charge is 0.497 e. The van der Waals surface area contributed by atoms with Crippen molar-refractivity contribution >= 4 is 5.71 Å². The number of aromatic nitrogens is 3. The van der Waals surface area contributed by atoms with Gasteiger partial charge in [0.25, 0.3) is 0 Å². The molecule has 108 valence electrons. The molecule has 0 saturated carbocycles. The van der Waals surface area contributed by atoms with E-state index < -0.39 is 0 Å². The highest BCUT2D eigenvalue weighted by molar-refractivity contribution is 6.03. The van der Waals surface area contributed by atoms with Gasteiger partial charge in [0.15, 0.2) is 5.82 Å². The molecule has 0 atom stereocenters. The number of nitrogens with zero attached hydrogens (tertiary/aromatic N) is 4. The van der Waals surface area contributed by atoms with E-state index >= 15 is 0 Å². The van der Waals surface area contributed by atoms with Gasteiger partial charge in [0.1, 0.15) is 12.1 Å². The quantitative estimate of drug-likeness (QED) is 0.729. The first-order valence-corrected chi connectivity index (χ1v) is 7.06. The molecule has 0 spiro atoms. The molecule has 1 aromatic heterocycles. The molecule has 0 unspecified atom stereocenters. The van der Waals surface area contributed by atoms with Crippen molar-refractivity contribution in [3.63, 3.8) is 0 Å². The summed E-state index contributed by atoms with van der Waals surface area (Å²) in [5.74, 6) is 1.61. The monoisotopic (exact) mass is 290 g/mol. The summed E-state index contributed by atoms with van der Waals surface area (Å²) in [5.41, 5.74) is 4.32. The molecule has 0 N–H and O–H groups in total. The first-order valence-electron chi connectivity index (χ1n) is 7.06. The zero-order valence-electron chi connectivity index (χ0n) is 12.1. The van der Waals surface area contributed by atoms with Crippen LogP contribution in [0.4, 0.5) is 0 Å². The molecule has 3 aromatic rings. The van der Waals surface area contributed by atoms with E-state index in [1.807, 2.05) is 36.4 Å². The van der Waals surface area contributed by atoms with Crippen LogP contribution in [0.3, 0.4) is 0 Å². The maximum atomic E-state index is 5.22. The predicted molar refractivity (Wildman–Crippen MR) is 84.1 cm³/mol. The Labute approximate surface area is 127 Å². The van der Waals surface area contributed by atoms with E-state index in [1.165, 1.54) is 5.56 Å². The molecule has 0 aliphatic carbocycles. The van der Waals surface area contributed by atoms with Gasteiger partial charge in [0.05, 0.1) is 12.8 Å². The van der Waals surface area contributed by atoms with Crippen molar-refractivity contribution in [1.82, 2.24) is 14.9 Å². The molecule has 5 heteroatoms. The van der Waals surface area contributed by atoms with Crippen molar-refractivity contribution in [2.24, 2.45) is 5.10 Å². The van der Waals surface area contributed by atoms with Crippen molar-refractivity contribution in [3.05, 3.63) is 66.0 Å². The molecule has 2 heterocycles. The van der Waals surface area contributed by atoms with Crippen LogP contribution in [0.15, 0.2) is 60.0 Å². The Morgan fingerprint density at radius 3 is 2.68 bits per heavy atom. The maximum absolute atomic E-state index is 5.22. The highest BCUT2D eigenvalue weighted by atomic mass is 16.5. The summed E-state index contributed by atoms with van der Waals surface area (Å²) >= 11 is 0. The number of hydrogen-bond donors (Lipinski definition) is 0. The van der Waals surface area contributed by atoms with Gasteiger partial charge in [-0.2, -0.15) is 9.78 Å². The Bertz CT molecular complexity index is 849. The molecular formula is C17H14N4O. The lowest BCUT2D eigenvalue weighted by Crippen LogP contribution is -2.06. The lowest BCUT2D eigenvalue weighted by Gasteiger charge is -2.07. The van der Waals surface area contributed by atoms with Crippen LogP contribution in [-0.2, 0) is 6.42 Å². The van der Waals surface area contributed by atoms with Crippen LogP contribution in [0.1, 0.15) is 11.1 Å². The lowest BCUT2D eigenvalue weighted by atomic mass is 9.98. The van der Waals surface area contributed by atoms with Crippen LogP contribution < -0.4 is 4.74 Å². The summed E-state index contributed by atoms with van der Waals surface area (Å²) in [4.78, 5) is 0. The zero-order valence-corrected chi connectivity index (χ0v) is 12.1. The summed E-state index contributed by atoms with van der Waals surface area (Å²) in [5, 5.41) is 12.9. The van der Waals surface area contributed by atoms with Gasteiger partial charge in [-0.1, -0.05) is 24.3 Å². The molecule has 22 heavy (non-hydrogen) atoms. The maximum Gasteiger partial charge on any atom is 0.184 e. The van der Waals surface area contributed by atoms with Gasteiger partial charge in [0.2, 0.25) is 0 Å². The van der Waals surface area contributed by atoms with E-state index in [-0.39, 0.29) is 0 Å². The zero-order chi connectivity index (χ0) is 14.9. The van der Waals surface area contributed by atoms with E-state index in [4.69, 9.17) is 9.84 Å². The molecule has 0 fully saturated rings. The predicted octanol–water partition coefficient (Wildman–Crippen LogP) is 2.76. The molecule has 0 bridgehead atoms. The van der Waals surface area contributed by atoms with E-state index in [0.717, 1.165) is 34.8 Å². The minimum Gasteiger partial charge on any atom is -0.497 e. The average Bonchev–Trinajstić information content (AvgIpc) is 2.97. The van der Waals surface area contributed by atoms with Crippen LogP contribution in [0.25, 0.3) is 11.4 Å². The Balaban J connectivity index is 1.85. The Morgan fingerprint density at radius 1 is 1.05 bits per heavy atom. The molecule has 1 aliphatic heterocycles. The van der Waals surface area contributed by atoms with Crippen molar-refractivity contribution < 1.29 is 4.74 Å². The number of ether oxygens (including phenoxy) is 1. The summed E-state index contributed by atoms with van der Waals surface area (Å²) < 4.78 is 6.96. The molecule has 2 aromatic carbocycles. The fourth-order valence-corrected chi connectivity index (χ4v) is 2.66. The summed E-state index contributed by atoms with van der Waals surface area (Å²) in [6, 6.07) is 16.2. The van der Waals surface area contributed by atoms with Gasteiger partial charge >= 0.3 is 0 Å². The first kappa shape index (κ1) is 12.8. The van der Waals surface area contributed by atoms with E-state index in [9.17, 15) is 0 Å². The van der Waals surface area contributed by atoms with Crippen LogP contribution in [0.5, 0.6) is 5.75 Å². The highest BCUT2D eigenvalue weighted by Crippen LogP contribution is 2.26. The van der Waals surface area contributed by atoms with Gasteiger partial charge in [-0.3, -0.25) is 0 Å². The first-order chi connectivity index (χ1) is 10.8. The van der Waals surface area contributed by atoms with Crippen LogP contribution in [0.2, 0.25) is 0 Å².